The predicted molar refractivity (Wildman–Crippen MR) is 98.6 cm³/mol. The Morgan fingerprint density at radius 1 is 1.19 bits per heavy atom. The maximum atomic E-state index is 12.8. The van der Waals surface area contributed by atoms with Crippen molar-refractivity contribution in [3.63, 3.8) is 0 Å². The van der Waals surface area contributed by atoms with E-state index >= 15 is 0 Å². The lowest BCUT2D eigenvalue weighted by molar-refractivity contribution is -0.130. The minimum Gasteiger partial charge on any atom is -0.349 e. The number of carbonyl (C=O) groups is 3. The van der Waals surface area contributed by atoms with Gasteiger partial charge in [0.05, 0.1) is 12.0 Å². The topological polar surface area (TPSA) is 87.3 Å². The quantitative estimate of drug-likeness (QED) is 0.753. The first-order chi connectivity index (χ1) is 12.5. The van der Waals surface area contributed by atoms with Crippen LogP contribution in [0.5, 0.6) is 0 Å². The Morgan fingerprint density at radius 3 is 2.69 bits per heavy atom. The van der Waals surface area contributed by atoms with Gasteiger partial charge in [0, 0.05) is 18.0 Å². The molecule has 0 aromatic heterocycles. The first-order valence-corrected chi connectivity index (χ1v) is 9.54. The Morgan fingerprint density at radius 2 is 1.96 bits per heavy atom. The molecule has 1 saturated carbocycles. The molecular formula is C19H24ClN3O3. The highest BCUT2D eigenvalue weighted by molar-refractivity contribution is 6.30. The van der Waals surface area contributed by atoms with Gasteiger partial charge in [-0.15, -0.1) is 0 Å². The Balaban J connectivity index is 1.77. The molecule has 1 aromatic rings. The fourth-order valence-electron chi connectivity index (χ4n) is 3.83. The number of urea groups is 1. The number of amides is 4. The monoisotopic (exact) mass is 377 g/mol. The molecule has 1 aromatic carbocycles. The maximum absolute atomic E-state index is 12.8. The lowest BCUT2D eigenvalue weighted by atomic mass is 9.81. The highest BCUT2D eigenvalue weighted by Crippen LogP contribution is 2.35. The van der Waals surface area contributed by atoms with Crippen molar-refractivity contribution in [1.82, 2.24) is 16.0 Å². The standard InChI is InChI=1S/C19H24ClN3O3/c20-15-8-4-7-13(9-15)17(12-5-2-1-3-6-12)23-18(25)14-10-16(24)22-19(26)21-11-14/h4,7-9,12,14,17H,1-3,5-6,10-11H2,(H,23,25)(H2,21,22,24,26)/t14-,17+/m1/s1. The number of hydrogen-bond acceptors (Lipinski definition) is 3. The summed E-state index contributed by atoms with van der Waals surface area (Å²) in [6.07, 6.45) is 5.64. The zero-order chi connectivity index (χ0) is 18.5. The summed E-state index contributed by atoms with van der Waals surface area (Å²) in [5, 5.41) is 8.52. The van der Waals surface area contributed by atoms with Crippen LogP contribution in [0.15, 0.2) is 24.3 Å². The van der Waals surface area contributed by atoms with E-state index in [0.717, 1.165) is 31.2 Å². The van der Waals surface area contributed by atoms with E-state index in [4.69, 9.17) is 11.6 Å². The molecule has 0 unspecified atom stereocenters. The first-order valence-electron chi connectivity index (χ1n) is 9.16. The second-order valence-electron chi connectivity index (χ2n) is 7.10. The molecule has 6 nitrogen and oxygen atoms in total. The molecule has 26 heavy (non-hydrogen) atoms. The summed E-state index contributed by atoms with van der Waals surface area (Å²) < 4.78 is 0. The molecule has 0 radical (unpaired) electrons. The van der Waals surface area contributed by atoms with Gasteiger partial charge in [-0.2, -0.15) is 0 Å². The fourth-order valence-corrected chi connectivity index (χ4v) is 4.03. The third kappa shape index (κ3) is 4.75. The highest BCUT2D eigenvalue weighted by atomic mass is 35.5. The molecule has 7 heteroatoms. The second-order valence-corrected chi connectivity index (χ2v) is 7.54. The number of hydrogen-bond donors (Lipinski definition) is 3. The summed E-state index contributed by atoms with van der Waals surface area (Å²) in [5.74, 6) is -0.873. The number of imide groups is 1. The van der Waals surface area contributed by atoms with E-state index in [2.05, 4.69) is 16.0 Å². The SMILES string of the molecule is O=C1C[C@@H](C(=O)N[C@H](c2cccc(Cl)c2)C2CCCCC2)CNC(=O)N1. The van der Waals surface area contributed by atoms with Crippen LogP contribution in [-0.4, -0.2) is 24.4 Å². The Hall–Kier alpha value is -2.08. The van der Waals surface area contributed by atoms with Crippen LogP contribution in [0.1, 0.15) is 50.1 Å². The summed E-state index contributed by atoms with van der Waals surface area (Å²) in [6, 6.07) is 6.89. The lowest BCUT2D eigenvalue weighted by Crippen LogP contribution is -2.41. The van der Waals surface area contributed by atoms with Crippen molar-refractivity contribution < 1.29 is 14.4 Å². The average Bonchev–Trinajstić information content (AvgIpc) is 2.80. The molecule has 1 heterocycles. The molecule has 2 atom stereocenters. The molecule has 4 amide bonds. The molecule has 2 aliphatic rings. The highest BCUT2D eigenvalue weighted by Gasteiger charge is 2.31. The molecule has 1 aliphatic carbocycles. The van der Waals surface area contributed by atoms with Gasteiger partial charge < -0.3 is 10.6 Å². The van der Waals surface area contributed by atoms with Crippen molar-refractivity contribution >= 4 is 29.4 Å². The number of halogens is 1. The maximum Gasteiger partial charge on any atom is 0.321 e. The molecular weight excluding hydrogens is 354 g/mol. The number of nitrogens with one attached hydrogen (secondary N) is 3. The number of rotatable bonds is 4. The molecule has 1 saturated heterocycles. The number of benzene rings is 1. The molecule has 140 valence electrons. The smallest absolute Gasteiger partial charge is 0.321 e. The van der Waals surface area contributed by atoms with Crippen LogP contribution in [-0.2, 0) is 9.59 Å². The van der Waals surface area contributed by atoms with E-state index in [-0.39, 0.29) is 24.9 Å². The summed E-state index contributed by atoms with van der Waals surface area (Å²) in [6.45, 7) is 0.149. The van der Waals surface area contributed by atoms with Crippen LogP contribution >= 0.6 is 11.6 Å². The molecule has 0 spiro atoms. The van der Waals surface area contributed by atoms with Crippen LogP contribution in [0.2, 0.25) is 5.02 Å². The first kappa shape index (κ1) is 18.7. The van der Waals surface area contributed by atoms with E-state index < -0.39 is 17.9 Å². The third-order valence-corrected chi connectivity index (χ3v) is 5.43. The van der Waals surface area contributed by atoms with Crippen molar-refractivity contribution in [3.8, 4) is 0 Å². The Labute approximate surface area is 158 Å². The molecule has 3 N–H and O–H groups in total. The molecule has 2 fully saturated rings. The average molecular weight is 378 g/mol. The molecule has 3 rings (SSSR count). The Kier molecular flexibility index (Phi) is 6.14. The summed E-state index contributed by atoms with van der Waals surface area (Å²) in [7, 11) is 0. The van der Waals surface area contributed by atoms with Crippen LogP contribution < -0.4 is 16.0 Å². The van der Waals surface area contributed by atoms with Gasteiger partial charge in [0.15, 0.2) is 0 Å². The van der Waals surface area contributed by atoms with Gasteiger partial charge in [-0.1, -0.05) is 43.0 Å². The van der Waals surface area contributed by atoms with Gasteiger partial charge in [-0.05, 0) is 36.5 Å². The van der Waals surface area contributed by atoms with E-state index in [0.29, 0.717) is 10.9 Å². The largest absolute Gasteiger partial charge is 0.349 e. The summed E-state index contributed by atoms with van der Waals surface area (Å²) in [4.78, 5) is 36.0. The minimum atomic E-state index is -0.577. The number of carbonyl (C=O) groups excluding carboxylic acids is 3. The molecule has 1 aliphatic heterocycles. The van der Waals surface area contributed by atoms with Crippen LogP contribution in [0.4, 0.5) is 4.79 Å². The van der Waals surface area contributed by atoms with Gasteiger partial charge >= 0.3 is 6.03 Å². The van der Waals surface area contributed by atoms with Gasteiger partial charge in [-0.3, -0.25) is 14.9 Å². The minimum absolute atomic E-state index is 0.00247. The van der Waals surface area contributed by atoms with E-state index in [1.165, 1.54) is 6.42 Å². The van der Waals surface area contributed by atoms with Gasteiger partial charge in [0.2, 0.25) is 11.8 Å². The van der Waals surface area contributed by atoms with Crippen molar-refractivity contribution in [2.45, 2.75) is 44.6 Å². The Bertz CT molecular complexity index is 688. The van der Waals surface area contributed by atoms with Crippen molar-refractivity contribution in [2.24, 2.45) is 11.8 Å². The van der Waals surface area contributed by atoms with Gasteiger partial charge in [-0.25, -0.2) is 4.79 Å². The van der Waals surface area contributed by atoms with Crippen LogP contribution in [0.25, 0.3) is 0 Å². The van der Waals surface area contributed by atoms with Crippen LogP contribution in [0, 0.1) is 11.8 Å². The zero-order valence-corrected chi connectivity index (χ0v) is 15.3. The molecule has 0 bridgehead atoms. The lowest BCUT2D eigenvalue weighted by Gasteiger charge is -2.32. The van der Waals surface area contributed by atoms with E-state index in [1.807, 2.05) is 24.3 Å². The van der Waals surface area contributed by atoms with E-state index in [9.17, 15) is 14.4 Å². The normalized spacial score (nSPS) is 22.7. The fraction of sp³-hybridized carbons (Fsp3) is 0.526. The third-order valence-electron chi connectivity index (χ3n) is 5.19. The van der Waals surface area contributed by atoms with Crippen molar-refractivity contribution in [2.75, 3.05) is 6.54 Å². The van der Waals surface area contributed by atoms with E-state index in [1.54, 1.807) is 0 Å². The van der Waals surface area contributed by atoms with Crippen LogP contribution in [0.3, 0.4) is 0 Å². The van der Waals surface area contributed by atoms with Crippen molar-refractivity contribution in [1.29, 1.82) is 0 Å². The summed E-state index contributed by atoms with van der Waals surface area (Å²) >= 11 is 6.16. The summed E-state index contributed by atoms with van der Waals surface area (Å²) in [5.41, 5.74) is 0.986. The predicted octanol–water partition coefficient (Wildman–Crippen LogP) is 2.92. The zero-order valence-electron chi connectivity index (χ0n) is 14.6. The van der Waals surface area contributed by atoms with Gasteiger partial charge in [0.25, 0.3) is 0 Å². The second kappa shape index (κ2) is 8.54. The van der Waals surface area contributed by atoms with Crippen molar-refractivity contribution in [3.05, 3.63) is 34.9 Å². The van der Waals surface area contributed by atoms with Gasteiger partial charge in [0.1, 0.15) is 0 Å².